The molecule has 3 nitrogen and oxygen atoms in total. The third-order valence-electron chi connectivity index (χ3n) is 1.77. The minimum absolute atomic E-state index is 0.737. The average Bonchev–Trinajstić information content (AvgIpc) is 2.78. The summed E-state index contributed by atoms with van der Waals surface area (Å²) in [6, 6.07) is 3.91. The fourth-order valence-electron chi connectivity index (χ4n) is 1.08. The van der Waals surface area contributed by atoms with Crippen LogP contribution in [-0.4, -0.2) is 5.16 Å². The topological polar surface area (TPSA) is 38.1 Å². The summed E-state index contributed by atoms with van der Waals surface area (Å²) < 4.78 is 5.89. The molecule has 14 heavy (non-hydrogen) atoms. The van der Waals surface area contributed by atoms with Crippen LogP contribution in [0.25, 0.3) is 0 Å². The zero-order valence-electron chi connectivity index (χ0n) is 7.37. The number of thiophene rings is 1. The molecule has 2 rings (SSSR count). The lowest BCUT2D eigenvalue weighted by molar-refractivity contribution is 0.408. The third-order valence-corrected chi connectivity index (χ3v) is 3.70. The Balaban J connectivity index is 1.81. The molecule has 0 aliphatic heterocycles. The molecule has 74 valence electrons. The van der Waals surface area contributed by atoms with Gasteiger partial charge in [0.05, 0.1) is 5.69 Å². The van der Waals surface area contributed by atoms with E-state index in [0.717, 1.165) is 23.3 Å². The third kappa shape index (κ3) is 2.43. The Morgan fingerprint density at radius 3 is 3.00 bits per heavy atom. The van der Waals surface area contributed by atoms with E-state index in [1.54, 1.807) is 17.6 Å². The Bertz CT molecular complexity index is 385. The molecule has 1 N–H and O–H groups in total. The Hall–Kier alpha value is -0.650. The second kappa shape index (κ2) is 4.72. The minimum Gasteiger partial charge on any atom is -0.364 e. The van der Waals surface area contributed by atoms with E-state index in [1.807, 2.05) is 6.07 Å². The smallest absolute Gasteiger partial charge is 0.124 e. The normalized spacial score (nSPS) is 10.6. The van der Waals surface area contributed by atoms with Crippen LogP contribution in [0.2, 0.25) is 0 Å². The van der Waals surface area contributed by atoms with E-state index in [1.165, 1.54) is 4.88 Å². The van der Waals surface area contributed by atoms with Crippen LogP contribution >= 0.6 is 27.3 Å². The van der Waals surface area contributed by atoms with Gasteiger partial charge >= 0.3 is 0 Å². The summed E-state index contributed by atoms with van der Waals surface area (Å²) in [5, 5.41) is 9.17. The largest absolute Gasteiger partial charge is 0.364 e. The lowest BCUT2D eigenvalue weighted by Gasteiger charge is -1.99. The number of nitrogens with zero attached hydrogens (tertiary/aromatic N) is 1. The average molecular weight is 273 g/mol. The van der Waals surface area contributed by atoms with E-state index in [9.17, 15) is 0 Å². The number of aromatic nitrogens is 1. The van der Waals surface area contributed by atoms with Crippen LogP contribution in [0, 0.1) is 0 Å². The molecule has 0 aliphatic carbocycles. The first-order valence-corrected chi connectivity index (χ1v) is 5.85. The van der Waals surface area contributed by atoms with Crippen molar-refractivity contribution in [2.75, 3.05) is 0 Å². The number of nitrogens with one attached hydrogen (secondary N) is 1. The molecule has 2 aromatic heterocycles. The van der Waals surface area contributed by atoms with Crippen molar-refractivity contribution in [3.05, 3.63) is 38.8 Å². The molecule has 2 heterocycles. The number of halogens is 1. The maximum absolute atomic E-state index is 4.73. The number of hydrogen-bond acceptors (Lipinski definition) is 4. The van der Waals surface area contributed by atoms with Crippen LogP contribution in [0.5, 0.6) is 0 Å². The first kappa shape index (κ1) is 9.89. The van der Waals surface area contributed by atoms with Gasteiger partial charge in [0.2, 0.25) is 0 Å². The van der Waals surface area contributed by atoms with Gasteiger partial charge in [0.25, 0.3) is 0 Å². The van der Waals surface area contributed by atoms with E-state index in [4.69, 9.17) is 4.52 Å². The second-order valence-electron chi connectivity index (χ2n) is 2.79. The molecule has 0 saturated heterocycles. The summed E-state index contributed by atoms with van der Waals surface area (Å²) >= 11 is 5.21. The standard InChI is InChI=1S/C9H9BrN2OS/c10-8-2-4-14-9(8)6-11-5-7-1-3-13-12-7/h1-4,11H,5-6H2. The number of rotatable bonds is 4. The lowest BCUT2D eigenvalue weighted by atomic mass is 10.4. The van der Waals surface area contributed by atoms with Crippen molar-refractivity contribution in [2.24, 2.45) is 0 Å². The second-order valence-corrected chi connectivity index (χ2v) is 4.64. The van der Waals surface area contributed by atoms with Gasteiger partial charge in [-0.05, 0) is 27.4 Å². The molecule has 0 amide bonds. The minimum atomic E-state index is 0.737. The first-order chi connectivity index (χ1) is 6.86. The van der Waals surface area contributed by atoms with Crippen LogP contribution in [0.4, 0.5) is 0 Å². The summed E-state index contributed by atoms with van der Waals surface area (Å²) in [5.41, 5.74) is 0.928. The SMILES string of the molecule is Brc1ccsc1CNCc1ccon1. The Morgan fingerprint density at radius 1 is 1.43 bits per heavy atom. The summed E-state index contributed by atoms with van der Waals surface area (Å²) in [6.07, 6.45) is 1.58. The van der Waals surface area contributed by atoms with Gasteiger partial charge in [-0.1, -0.05) is 5.16 Å². The van der Waals surface area contributed by atoms with Crippen LogP contribution in [0.3, 0.4) is 0 Å². The molecule has 5 heteroatoms. The maximum Gasteiger partial charge on any atom is 0.124 e. The molecule has 0 aliphatic rings. The van der Waals surface area contributed by atoms with E-state index in [0.29, 0.717) is 0 Å². The van der Waals surface area contributed by atoms with Gasteiger partial charge in [0.15, 0.2) is 0 Å². The Labute approximate surface area is 94.2 Å². The van der Waals surface area contributed by atoms with Gasteiger partial charge in [0, 0.05) is 28.5 Å². The zero-order valence-corrected chi connectivity index (χ0v) is 9.77. The molecular formula is C9H9BrN2OS. The molecule has 0 radical (unpaired) electrons. The molecule has 0 bridgehead atoms. The van der Waals surface area contributed by atoms with Crippen molar-refractivity contribution >= 4 is 27.3 Å². The highest BCUT2D eigenvalue weighted by Crippen LogP contribution is 2.22. The van der Waals surface area contributed by atoms with Crippen molar-refractivity contribution in [3.63, 3.8) is 0 Å². The molecule has 0 fully saturated rings. The van der Waals surface area contributed by atoms with Crippen LogP contribution in [-0.2, 0) is 13.1 Å². The fourth-order valence-corrected chi connectivity index (χ4v) is 2.55. The van der Waals surface area contributed by atoms with E-state index in [-0.39, 0.29) is 0 Å². The summed E-state index contributed by atoms with van der Waals surface area (Å²) in [5.74, 6) is 0. The quantitative estimate of drug-likeness (QED) is 0.930. The van der Waals surface area contributed by atoms with Crippen LogP contribution < -0.4 is 5.32 Å². The summed E-state index contributed by atoms with van der Waals surface area (Å²) in [7, 11) is 0. The number of hydrogen-bond donors (Lipinski definition) is 1. The molecular weight excluding hydrogens is 264 g/mol. The van der Waals surface area contributed by atoms with Crippen molar-refractivity contribution in [2.45, 2.75) is 13.1 Å². The summed E-state index contributed by atoms with van der Waals surface area (Å²) in [6.45, 7) is 1.59. The predicted molar refractivity (Wildman–Crippen MR) is 59.1 cm³/mol. The molecule has 0 spiro atoms. The Kier molecular flexibility index (Phi) is 3.34. The van der Waals surface area contributed by atoms with Gasteiger partial charge < -0.3 is 9.84 Å². The monoisotopic (exact) mass is 272 g/mol. The van der Waals surface area contributed by atoms with Gasteiger partial charge in [-0.25, -0.2) is 0 Å². The highest BCUT2D eigenvalue weighted by Gasteiger charge is 2.01. The van der Waals surface area contributed by atoms with Gasteiger partial charge in [-0.2, -0.15) is 0 Å². The van der Waals surface area contributed by atoms with Gasteiger partial charge in [-0.3, -0.25) is 0 Å². The molecule has 2 aromatic rings. The van der Waals surface area contributed by atoms with E-state index >= 15 is 0 Å². The van der Waals surface area contributed by atoms with Crippen molar-refractivity contribution in [1.82, 2.24) is 10.5 Å². The first-order valence-electron chi connectivity index (χ1n) is 4.18. The van der Waals surface area contributed by atoms with Crippen molar-refractivity contribution in [3.8, 4) is 0 Å². The zero-order chi connectivity index (χ0) is 9.80. The van der Waals surface area contributed by atoms with Crippen LogP contribution in [0.1, 0.15) is 10.6 Å². The van der Waals surface area contributed by atoms with Gasteiger partial charge in [0.1, 0.15) is 6.26 Å². The lowest BCUT2D eigenvalue weighted by Crippen LogP contribution is -2.12. The molecule has 0 saturated carbocycles. The highest BCUT2D eigenvalue weighted by atomic mass is 79.9. The molecule has 0 unspecified atom stereocenters. The van der Waals surface area contributed by atoms with E-state index < -0.39 is 0 Å². The highest BCUT2D eigenvalue weighted by molar-refractivity contribution is 9.10. The van der Waals surface area contributed by atoms with Crippen molar-refractivity contribution in [1.29, 1.82) is 0 Å². The molecule has 0 atom stereocenters. The molecule has 0 aromatic carbocycles. The fraction of sp³-hybridized carbons (Fsp3) is 0.222. The van der Waals surface area contributed by atoms with Crippen LogP contribution in [0.15, 0.2) is 32.8 Å². The van der Waals surface area contributed by atoms with Crippen molar-refractivity contribution < 1.29 is 4.52 Å². The summed E-state index contributed by atoms with van der Waals surface area (Å²) in [4.78, 5) is 1.30. The maximum atomic E-state index is 4.73. The predicted octanol–water partition coefficient (Wildman–Crippen LogP) is 2.79. The van der Waals surface area contributed by atoms with E-state index in [2.05, 4.69) is 37.8 Å². The Morgan fingerprint density at radius 2 is 2.36 bits per heavy atom. The van der Waals surface area contributed by atoms with Gasteiger partial charge in [-0.15, -0.1) is 11.3 Å².